The number of carbonyl (C=O) groups excluding carboxylic acids is 2. The molecule has 1 atom stereocenters. The minimum absolute atomic E-state index is 0.104. The highest BCUT2D eigenvalue weighted by atomic mass is 35.5. The summed E-state index contributed by atoms with van der Waals surface area (Å²) in [6.07, 6.45) is 0.819. The summed E-state index contributed by atoms with van der Waals surface area (Å²) < 4.78 is 33.8. The largest absolute Gasteiger partial charge is 0.490 e. The second-order valence-electron chi connectivity index (χ2n) is 13.2. The second-order valence-corrected chi connectivity index (χ2v) is 13.9. The van der Waals surface area contributed by atoms with Crippen molar-refractivity contribution in [2.24, 2.45) is 0 Å². The van der Waals surface area contributed by atoms with Gasteiger partial charge in [-0.1, -0.05) is 116 Å². The Labute approximate surface area is 354 Å². The molecule has 0 aliphatic heterocycles. The van der Waals surface area contributed by atoms with Crippen LogP contribution in [0.25, 0.3) is 11.1 Å². The van der Waals surface area contributed by atoms with Gasteiger partial charge in [0.25, 0.3) is 0 Å². The maximum atomic E-state index is 12.3. The zero-order chi connectivity index (χ0) is 41.3. The average Bonchev–Trinajstić information content (AvgIpc) is 3.57. The first-order valence-electron chi connectivity index (χ1n) is 19.1. The Morgan fingerprint density at radius 3 is 1.41 bits per heavy atom. The molecular formula is C49H44Cl2O8. The van der Waals surface area contributed by atoms with Crippen LogP contribution in [0, 0.1) is 0 Å². The van der Waals surface area contributed by atoms with Crippen molar-refractivity contribution in [3.63, 3.8) is 0 Å². The van der Waals surface area contributed by atoms with Gasteiger partial charge in [-0.25, -0.2) is 0 Å². The Kier molecular flexibility index (Phi) is 15.5. The van der Waals surface area contributed by atoms with E-state index in [0.29, 0.717) is 23.1 Å². The molecule has 10 heteroatoms. The van der Waals surface area contributed by atoms with Gasteiger partial charge >= 0.3 is 11.9 Å². The van der Waals surface area contributed by atoms with Gasteiger partial charge in [-0.05, 0) is 81.9 Å². The summed E-state index contributed by atoms with van der Waals surface area (Å²) in [5.41, 5.74) is 6.40. The van der Waals surface area contributed by atoms with Crippen molar-refractivity contribution >= 4 is 35.1 Å². The molecule has 0 bridgehead atoms. The van der Waals surface area contributed by atoms with Gasteiger partial charge in [0.1, 0.15) is 36.2 Å². The van der Waals surface area contributed by atoms with Crippen molar-refractivity contribution in [2.45, 2.75) is 24.4 Å². The lowest BCUT2D eigenvalue weighted by Crippen LogP contribution is -2.31. The third-order valence-electron chi connectivity index (χ3n) is 9.45. The van der Waals surface area contributed by atoms with E-state index in [1.54, 1.807) is 0 Å². The zero-order valence-corrected chi connectivity index (χ0v) is 33.9. The molecule has 0 spiro atoms. The quantitative estimate of drug-likeness (QED) is 0.0366. The van der Waals surface area contributed by atoms with E-state index >= 15 is 0 Å². The van der Waals surface area contributed by atoms with E-state index in [1.807, 2.05) is 84.9 Å². The Hall–Kier alpha value is -6.22. The molecule has 302 valence electrons. The average molecular weight is 832 g/mol. The first kappa shape index (κ1) is 42.4. The van der Waals surface area contributed by atoms with Crippen molar-refractivity contribution in [2.75, 3.05) is 31.8 Å². The van der Waals surface area contributed by atoms with Crippen LogP contribution in [-0.4, -0.2) is 49.8 Å². The Bertz CT molecular complexity index is 2200. The lowest BCUT2D eigenvalue weighted by molar-refractivity contribution is -0.151. The molecule has 7 rings (SSSR count). The molecule has 1 aliphatic carbocycles. The molecule has 1 aliphatic rings. The van der Waals surface area contributed by atoms with Crippen LogP contribution in [0.4, 0.5) is 0 Å². The van der Waals surface area contributed by atoms with Crippen molar-refractivity contribution < 1.29 is 38.0 Å². The number of esters is 2. The SMILES string of the molecule is C=COC(=O)CCCl.O=C(CCCl)OC(COc1ccccc1)COc1ccc(C2(c3ccc(OCOc4ccccc4)cc3)c3ccccc3-c3ccccc32)cc1. The number of alkyl halides is 2. The second kappa shape index (κ2) is 21.5. The summed E-state index contributed by atoms with van der Waals surface area (Å²) in [4.78, 5) is 22.6. The number of ether oxygens (including phenoxy) is 6. The molecular weight excluding hydrogens is 787 g/mol. The highest BCUT2D eigenvalue weighted by Crippen LogP contribution is 2.56. The van der Waals surface area contributed by atoms with Crippen LogP contribution >= 0.6 is 23.2 Å². The van der Waals surface area contributed by atoms with Crippen LogP contribution in [0.5, 0.6) is 23.0 Å². The van der Waals surface area contributed by atoms with Crippen molar-refractivity contribution in [3.8, 4) is 34.1 Å². The standard InChI is InChI=1S/C44H37ClO6.C5H7ClO2/c45-28-27-43(46)51-38(29-47-34-11-3-1-4-12-34)30-48-36-23-19-32(20-24-36)44(41-17-9-7-15-39(41)40-16-8-10-18-42(40)44)33-21-25-37(26-22-33)50-31-49-35-13-5-2-6-14-35;1-2-8-5(7)3-4-6/h1-26,38H,27-31H2;2H,1,3-4H2. The molecule has 6 aromatic rings. The van der Waals surface area contributed by atoms with Crippen molar-refractivity contribution in [1.29, 1.82) is 0 Å². The van der Waals surface area contributed by atoms with Gasteiger partial charge in [0.05, 0.1) is 24.5 Å². The zero-order valence-electron chi connectivity index (χ0n) is 32.3. The number of hydrogen-bond acceptors (Lipinski definition) is 8. The molecule has 8 nitrogen and oxygen atoms in total. The van der Waals surface area contributed by atoms with E-state index < -0.39 is 17.5 Å². The van der Waals surface area contributed by atoms with Gasteiger partial charge in [-0.3, -0.25) is 9.59 Å². The van der Waals surface area contributed by atoms with Gasteiger partial charge in [0, 0.05) is 11.8 Å². The predicted molar refractivity (Wildman–Crippen MR) is 231 cm³/mol. The smallest absolute Gasteiger partial charge is 0.311 e. The van der Waals surface area contributed by atoms with Gasteiger partial charge in [0.2, 0.25) is 6.79 Å². The fourth-order valence-electron chi connectivity index (χ4n) is 6.87. The summed E-state index contributed by atoms with van der Waals surface area (Å²) in [6.45, 7) is 3.56. The van der Waals surface area contributed by atoms with Gasteiger partial charge in [0.15, 0.2) is 6.10 Å². The summed E-state index contributed by atoms with van der Waals surface area (Å²) in [6, 6.07) is 52.6. The first-order chi connectivity index (χ1) is 29.0. The van der Waals surface area contributed by atoms with E-state index in [0.717, 1.165) is 23.1 Å². The van der Waals surface area contributed by atoms with Crippen LogP contribution in [0.15, 0.2) is 171 Å². The highest BCUT2D eigenvalue weighted by Gasteiger charge is 2.45. The van der Waals surface area contributed by atoms with E-state index in [1.165, 1.54) is 22.3 Å². The Morgan fingerprint density at radius 1 is 0.525 bits per heavy atom. The van der Waals surface area contributed by atoms with Crippen molar-refractivity contribution in [3.05, 3.63) is 193 Å². The fraction of sp³-hybridized carbons (Fsp3) is 0.184. The monoisotopic (exact) mass is 830 g/mol. The highest BCUT2D eigenvalue weighted by molar-refractivity contribution is 6.19. The molecule has 0 amide bonds. The molecule has 0 aromatic heterocycles. The van der Waals surface area contributed by atoms with E-state index in [-0.39, 0.29) is 44.7 Å². The number of fused-ring (bicyclic) bond motifs is 3. The van der Waals surface area contributed by atoms with Crippen LogP contribution in [-0.2, 0) is 24.5 Å². The van der Waals surface area contributed by atoms with E-state index in [4.69, 9.17) is 46.9 Å². The number of benzene rings is 6. The summed E-state index contributed by atoms with van der Waals surface area (Å²) in [7, 11) is 0. The minimum Gasteiger partial charge on any atom is -0.490 e. The first-order valence-corrected chi connectivity index (χ1v) is 20.2. The molecule has 0 heterocycles. The number of halogens is 2. The van der Waals surface area contributed by atoms with Crippen LogP contribution in [0.2, 0.25) is 0 Å². The van der Waals surface area contributed by atoms with Gasteiger partial charge < -0.3 is 28.4 Å². The van der Waals surface area contributed by atoms with Crippen LogP contribution in [0.3, 0.4) is 0 Å². The third kappa shape index (κ3) is 10.8. The molecule has 0 N–H and O–H groups in total. The van der Waals surface area contributed by atoms with Crippen LogP contribution in [0.1, 0.15) is 35.1 Å². The maximum Gasteiger partial charge on any atom is 0.311 e. The topological polar surface area (TPSA) is 89.5 Å². The van der Waals surface area contributed by atoms with E-state index in [9.17, 15) is 9.59 Å². The van der Waals surface area contributed by atoms with Crippen molar-refractivity contribution in [1.82, 2.24) is 0 Å². The lowest BCUT2D eigenvalue weighted by atomic mass is 9.68. The lowest BCUT2D eigenvalue weighted by Gasteiger charge is -2.34. The van der Waals surface area contributed by atoms with Gasteiger partial charge in [-0.2, -0.15) is 0 Å². The minimum atomic E-state index is -0.626. The number of hydrogen-bond donors (Lipinski definition) is 0. The molecule has 0 saturated carbocycles. The summed E-state index contributed by atoms with van der Waals surface area (Å²) in [5.74, 6) is 2.54. The molecule has 1 unspecified atom stereocenters. The maximum absolute atomic E-state index is 12.3. The number of carbonyl (C=O) groups is 2. The van der Waals surface area contributed by atoms with E-state index in [2.05, 4.69) is 84.1 Å². The Balaban J connectivity index is 0.000000664. The molecule has 0 radical (unpaired) electrons. The van der Waals surface area contributed by atoms with Crippen LogP contribution < -0.4 is 18.9 Å². The molecule has 6 aromatic carbocycles. The molecule has 0 fully saturated rings. The predicted octanol–water partition coefficient (Wildman–Crippen LogP) is 10.8. The number of rotatable bonds is 18. The normalized spacial score (nSPS) is 12.3. The van der Waals surface area contributed by atoms with Gasteiger partial charge in [-0.15, -0.1) is 23.2 Å². The number of para-hydroxylation sites is 2. The Morgan fingerprint density at radius 2 is 0.932 bits per heavy atom. The molecule has 59 heavy (non-hydrogen) atoms. The fourth-order valence-corrected chi connectivity index (χ4v) is 7.18. The molecule has 0 saturated heterocycles. The third-order valence-corrected chi connectivity index (χ3v) is 9.82. The summed E-state index contributed by atoms with van der Waals surface area (Å²) in [5, 5.41) is 0. The summed E-state index contributed by atoms with van der Waals surface area (Å²) >= 11 is 11.0.